The molecule has 0 saturated heterocycles. The fourth-order valence-electron chi connectivity index (χ4n) is 2.59. The second-order valence-electron chi connectivity index (χ2n) is 10.9. The number of carbonyl (C=O) groups excluding carboxylic acids is 2. The molecule has 0 aromatic heterocycles. The molecule has 0 aromatic rings. The summed E-state index contributed by atoms with van der Waals surface area (Å²) in [4.78, 5) is 24.2. The van der Waals surface area contributed by atoms with Crippen molar-refractivity contribution in [1.29, 1.82) is 0 Å². The van der Waals surface area contributed by atoms with Gasteiger partial charge in [0, 0.05) is 0 Å². The number of hydrogen-bond donors (Lipinski definition) is 0. The van der Waals surface area contributed by atoms with Crippen LogP contribution in [0.25, 0.3) is 0 Å². The van der Waals surface area contributed by atoms with Crippen molar-refractivity contribution in [3.8, 4) is 0 Å². The third-order valence-electron chi connectivity index (χ3n) is 4.78. The molecule has 0 radical (unpaired) electrons. The Hall–Kier alpha value is -0.150. The fraction of sp³-hybridized carbons (Fsp3) is 0.909. The number of esters is 2. The van der Waals surface area contributed by atoms with Crippen molar-refractivity contribution < 1.29 is 61.6 Å². The van der Waals surface area contributed by atoms with Gasteiger partial charge in [-0.05, 0) is 48.3 Å². The predicted octanol–water partition coefficient (Wildman–Crippen LogP) is 1.31. The molecule has 0 saturated carbocycles. The molecule has 0 bridgehead atoms. The number of hydrogen-bond acceptors (Lipinski definition) is 7. The van der Waals surface area contributed by atoms with Crippen LogP contribution < -0.4 is 29.6 Å². The van der Waals surface area contributed by atoms with E-state index in [4.69, 9.17) is 9.47 Å². The van der Waals surface area contributed by atoms with Crippen LogP contribution in [0.5, 0.6) is 0 Å². The number of rotatable bonds is 12. The molecule has 0 spiro atoms. The maximum atomic E-state index is 12.2. The van der Waals surface area contributed by atoms with Crippen LogP contribution in [0.2, 0.25) is 0 Å². The topological polar surface area (TPSA) is 110 Å². The van der Waals surface area contributed by atoms with Gasteiger partial charge in [-0.2, -0.15) is 0 Å². The fourth-order valence-corrected chi connectivity index (χ4v) is 3.24. The normalized spacial score (nSPS) is 15.4. The van der Waals surface area contributed by atoms with E-state index in [-0.39, 0.29) is 65.4 Å². The Labute approximate surface area is 211 Å². The van der Waals surface area contributed by atoms with Crippen LogP contribution in [0.3, 0.4) is 0 Å². The van der Waals surface area contributed by atoms with E-state index < -0.39 is 33.7 Å². The quantitative estimate of drug-likeness (QED) is 0.239. The summed E-state index contributed by atoms with van der Waals surface area (Å²) >= 11 is 0. The molecule has 9 heteroatoms. The largest absolute Gasteiger partial charge is 1.00 e. The molecule has 7 nitrogen and oxygen atoms in total. The van der Waals surface area contributed by atoms with Crippen LogP contribution in [0.1, 0.15) is 87.5 Å². The summed E-state index contributed by atoms with van der Waals surface area (Å²) < 4.78 is 44.6. The van der Waals surface area contributed by atoms with E-state index in [2.05, 4.69) is 41.5 Å². The second-order valence-corrected chi connectivity index (χ2v) is 12.5. The first-order chi connectivity index (χ1) is 13.4. The van der Waals surface area contributed by atoms with E-state index in [1.807, 2.05) is 13.8 Å². The van der Waals surface area contributed by atoms with Crippen LogP contribution in [0, 0.1) is 22.7 Å². The zero-order chi connectivity index (χ0) is 23.8. The van der Waals surface area contributed by atoms with E-state index >= 15 is 0 Å². The molecule has 0 aliphatic heterocycles. The molecule has 0 aliphatic rings. The average Bonchev–Trinajstić information content (AvgIpc) is 2.56. The molecule has 3 atom stereocenters. The standard InChI is InChI=1S/C22H42O7S.Na/c1-16(9-11-21(3,4)5)14-28-19(23)13-18(30(25,26)27)20(24)29-15-17(2)10-12-22(6,7)8;/h16-18H,9-15H2,1-8H3,(H,25,26,27);/q;+1/p-1. The van der Waals surface area contributed by atoms with E-state index in [1.165, 1.54) is 0 Å². The maximum absolute atomic E-state index is 12.2. The summed E-state index contributed by atoms with van der Waals surface area (Å²) in [7, 11) is -5.04. The Morgan fingerprint density at radius 3 is 1.58 bits per heavy atom. The van der Waals surface area contributed by atoms with Gasteiger partial charge in [-0.25, -0.2) is 8.42 Å². The molecule has 0 amide bonds. The summed E-state index contributed by atoms with van der Waals surface area (Å²) in [6, 6.07) is 0. The molecular formula is C22H41NaO7S. The van der Waals surface area contributed by atoms with Gasteiger partial charge in [0.2, 0.25) is 0 Å². The zero-order valence-corrected chi connectivity index (χ0v) is 23.8. The van der Waals surface area contributed by atoms with Crippen LogP contribution in [0.15, 0.2) is 0 Å². The van der Waals surface area contributed by atoms with E-state index in [0.717, 1.165) is 25.7 Å². The molecule has 31 heavy (non-hydrogen) atoms. The van der Waals surface area contributed by atoms with Crippen molar-refractivity contribution in [1.82, 2.24) is 0 Å². The van der Waals surface area contributed by atoms with Gasteiger partial charge in [0.15, 0.2) is 5.25 Å². The minimum atomic E-state index is -5.04. The zero-order valence-electron chi connectivity index (χ0n) is 20.9. The molecule has 3 unspecified atom stereocenters. The van der Waals surface area contributed by atoms with Gasteiger partial charge in [0.1, 0.15) is 10.1 Å². The van der Waals surface area contributed by atoms with Crippen molar-refractivity contribution >= 4 is 22.1 Å². The van der Waals surface area contributed by atoms with Gasteiger partial charge in [-0.15, -0.1) is 0 Å². The molecule has 0 aliphatic carbocycles. The summed E-state index contributed by atoms with van der Waals surface area (Å²) in [5.74, 6) is -1.98. The first-order valence-electron chi connectivity index (χ1n) is 10.7. The van der Waals surface area contributed by atoms with Crippen LogP contribution in [-0.4, -0.2) is 43.4 Å². The smallest absolute Gasteiger partial charge is 0.747 e. The number of ether oxygens (including phenoxy) is 2. The van der Waals surface area contributed by atoms with Crippen molar-refractivity contribution in [3.63, 3.8) is 0 Å². The Morgan fingerprint density at radius 2 is 1.23 bits per heavy atom. The van der Waals surface area contributed by atoms with Crippen molar-refractivity contribution in [2.24, 2.45) is 22.7 Å². The van der Waals surface area contributed by atoms with Gasteiger partial charge < -0.3 is 14.0 Å². The average molecular weight is 473 g/mol. The molecule has 0 fully saturated rings. The predicted molar refractivity (Wildman–Crippen MR) is 116 cm³/mol. The van der Waals surface area contributed by atoms with Gasteiger partial charge in [0.05, 0.1) is 19.6 Å². The Morgan fingerprint density at radius 1 is 0.839 bits per heavy atom. The molecule has 0 heterocycles. The summed E-state index contributed by atoms with van der Waals surface area (Å²) in [5, 5.41) is -2.08. The Bertz CT molecular complexity index is 648. The Balaban J connectivity index is 0. The van der Waals surface area contributed by atoms with E-state index in [0.29, 0.717) is 0 Å². The van der Waals surface area contributed by atoms with Crippen LogP contribution in [0.4, 0.5) is 0 Å². The van der Waals surface area contributed by atoms with Gasteiger partial charge in [0.25, 0.3) is 0 Å². The minimum absolute atomic E-state index is 0. The summed E-state index contributed by atoms with van der Waals surface area (Å²) in [6.45, 7) is 16.6. The van der Waals surface area contributed by atoms with Crippen molar-refractivity contribution in [2.45, 2.75) is 92.7 Å². The summed E-state index contributed by atoms with van der Waals surface area (Å²) in [5.41, 5.74) is 0.292. The van der Waals surface area contributed by atoms with Gasteiger partial charge >= 0.3 is 41.5 Å². The molecular weight excluding hydrogens is 431 g/mol. The van der Waals surface area contributed by atoms with Gasteiger partial charge in [-0.1, -0.05) is 55.4 Å². The molecule has 178 valence electrons. The number of carbonyl (C=O) groups is 2. The van der Waals surface area contributed by atoms with Crippen LogP contribution in [-0.2, 0) is 29.2 Å². The van der Waals surface area contributed by atoms with Crippen molar-refractivity contribution in [3.05, 3.63) is 0 Å². The monoisotopic (exact) mass is 472 g/mol. The van der Waals surface area contributed by atoms with Crippen molar-refractivity contribution in [2.75, 3.05) is 13.2 Å². The summed E-state index contributed by atoms with van der Waals surface area (Å²) in [6.07, 6.45) is 2.67. The minimum Gasteiger partial charge on any atom is -0.747 e. The van der Waals surface area contributed by atoms with Gasteiger partial charge in [-0.3, -0.25) is 9.59 Å². The van der Waals surface area contributed by atoms with Crippen LogP contribution >= 0.6 is 0 Å². The Kier molecular flexibility index (Phi) is 15.1. The molecule has 0 N–H and O–H groups in total. The van der Waals surface area contributed by atoms with E-state index in [9.17, 15) is 22.6 Å². The van der Waals surface area contributed by atoms with E-state index in [1.54, 1.807) is 0 Å². The third kappa shape index (κ3) is 18.0. The molecule has 0 aromatic carbocycles. The second kappa shape index (κ2) is 14.2. The SMILES string of the molecule is CC(CCC(C)(C)C)COC(=O)CC(C(=O)OCC(C)CCC(C)(C)C)S(=O)(=O)[O-].[Na+]. The first-order valence-corrected chi connectivity index (χ1v) is 12.1. The first kappa shape index (κ1) is 33.0. The maximum Gasteiger partial charge on any atom is 1.00 e. The third-order valence-corrected chi connectivity index (χ3v) is 5.83. The molecule has 0 rings (SSSR count).